The molecule has 0 spiro atoms. The summed E-state index contributed by atoms with van der Waals surface area (Å²) < 4.78 is 12.9. The molecule has 1 aromatic rings. The quantitative estimate of drug-likeness (QED) is 0.713. The zero-order valence-electron chi connectivity index (χ0n) is 9.36. The van der Waals surface area contributed by atoms with Crippen LogP contribution in [0.25, 0.3) is 0 Å². The second kappa shape index (κ2) is 4.29. The van der Waals surface area contributed by atoms with Crippen LogP contribution in [-0.2, 0) is 0 Å². The monoisotopic (exact) mass is 224 g/mol. The molecule has 1 aliphatic heterocycles. The summed E-state index contributed by atoms with van der Waals surface area (Å²) in [5.41, 5.74) is 7.01. The van der Waals surface area contributed by atoms with Crippen LogP contribution in [0.5, 0.6) is 0 Å². The SMILES string of the molecule is CC1CCN(c2ccc(F)cc2N)CC1O. The van der Waals surface area contributed by atoms with Crippen LogP contribution in [0.1, 0.15) is 13.3 Å². The highest BCUT2D eigenvalue weighted by molar-refractivity contribution is 5.67. The van der Waals surface area contributed by atoms with Gasteiger partial charge in [0.2, 0.25) is 0 Å². The van der Waals surface area contributed by atoms with E-state index in [0.717, 1.165) is 18.7 Å². The number of halogens is 1. The number of benzene rings is 1. The Morgan fingerprint density at radius 3 is 2.88 bits per heavy atom. The summed E-state index contributed by atoms with van der Waals surface area (Å²) in [6.07, 6.45) is 0.594. The zero-order chi connectivity index (χ0) is 11.7. The molecule has 1 heterocycles. The average molecular weight is 224 g/mol. The van der Waals surface area contributed by atoms with Gasteiger partial charge in [-0.2, -0.15) is 0 Å². The van der Waals surface area contributed by atoms with Crippen molar-refractivity contribution in [2.75, 3.05) is 23.7 Å². The molecule has 2 unspecified atom stereocenters. The maximum Gasteiger partial charge on any atom is 0.125 e. The largest absolute Gasteiger partial charge is 0.397 e. The number of rotatable bonds is 1. The van der Waals surface area contributed by atoms with Gasteiger partial charge in [-0.3, -0.25) is 0 Å². The van der Waals surface area contributed by atoms with Crippen LogP contribution in [0.4, 0.5) is 15.8 Å². The van der Waals surface area contributed by atoms with Gasteiger partial charge in [0.25, 0.3) is 0 Å². The molecule has 3 nitrogen and oxygen atoms in total. The summed E-state index contributed by atoms with van der Waals surface area (Å²) in [4.78, 5) is 2.01. The lowest BCUT2D eigenvalue weighted by atomic mass is 9.95. The van der Waals surface area contributed by atoms with Gasteiger partial charge in [-0.05, 0) is 30.5 Å². The molecule has 0 aliphatic carbocycles. The van der Waals surface area contributed by atoms with E-state index in [0.29, 0.717) is 18.2 Å². The molecular formula is C12H17FN2O. The summed E-state index contributed by atoms with van der Waals surface area (Å²) in [6.45, 7) is 3.46. The van der Waals surface area contributed by atoms with Crippen molar-refractivity contribution in [3.8, 4) is 0 Å². The Balaban J connectivity index is 2.18. The summed E-state index contributed by atoms with van der Waals surface area (Å²) in [7, 11) is 0. The maximum atomic E-state index is 12.9. The molecule has 1 fully saturated rings. The molecule has 2 atom stereocenters. The molecule has 3 N–H and O–H groups in total. The van der Waals surface area contributed by atoms with E-state index in [-0.39, 0.29) is 11.9 Å². The van der Waals surface area contributed by atoms with E-state index in [9.17, 15) is 9.50 Å². The molecule has 0 aromatic heterocycles. The molecule has 16 heavy (non-hydrogen) atoms. The van der Waals surface area contributed by atoms with Gasteiger partial charge in [0.05, 0.1) is 17.5 Å². The van der Waals surface area contributed by atoms with Crippen LogP contribution < -0.4 is 10.6 Å². The fourth-order valence-electron chi connectivity index (χ4n) is 2.08. The maximum absolute atomic E-state index is 12.9. The van der Waals surface area contributed by atoms with Crippen LogP contribution in [0, 0.1) is 11.7 Å². The van der Waals surface area contributed by atoms with E-state index in [4.69, 9.17) is 5.73 Å². The van der Waals surface area contributed by atoms with Crippen LogP contribution >= 0.6 is 0 Å². The molecule has 4 heteroatoms. The predicted octanol–water partition coefficient (Wildman–Crippen LogP) is 1.61. The fraction of sp³-hybridized carbons (Fsp3) is 0.500. The molecular weight excluding hydrogens is 207 g/mol. The van der Waals surface area contributed by atoms with Crippen molar-refractivity contribution in [2.24, 2.45) is 5.92 Å². The van der Waals surface area contributed by atoms with E-state index in [1.807, 2.05) is 11.8 Å². The van der Waals surface area contributed by atoms with Crippen LogP contribution in [0.15, 0.2) is 18.2 Å². The minimum atomic E-state index is -0.335. The first kappa shape index (κ1) is 11.2. The Morgan fingerprint density at radius 2 is 2.25 bits per heavy atom. The van der Waals surface area contributed by atoms with Crippen molar-refractivity contribution in [1.29, 1.82) is 0 Å². The molecule has 1 saturated heterocycles. The average Bonchev–Trinajstić information content (AvgIpc) is 2.22. The zero-order valence-corrected chi connectivity index (χ0v) is 9.36. The molecule has 0 radical (unpaired) electrons. The van der Waals surface area contributed by atoms with E-state index >= 15 is 0 Å². The molecule has 2 rings (SSSR count). The highest BCUT2D eigenvalue weighted by atomic mass is 19.1. The number of aliphatic hydroxyl groups excluding tert-OH is 1. The van der Waals surface area contributed by atoms with Gasteiger partial charge in [-0.25, -0.2) is 4.39 Å². The number of hydrogen-bond donors (Lipinski definition) is 2. The summed E-state index contributed by atoms with van der Waals surface area (Å²) >= 11 is 0. The highest BCUT2D eigenvalue weighted by Gasteiger charge is 2.25. The molecule has 1 aliphatic rings. The van der Waals surface area contributed by atoms with Crippen molar-refractivity contribution in [1.82, 2.24) is 0 Å². The van der Waals surface area contributed by atoms with E-state index < -0.39 is 0 Å². The highest BCUT2D eigenvalue weighted by Crippen LogP contribution is 2.28. The standard InChI is InChI=1S/C12H17FN2O/c1-8-4-5-15(7-12(8)16)11-3-2-9(13)6-10(11)14/h2-3,6,8,12,16H,4-5,7,14H2,1H3. The van der Waals surface area contributed by atoms with E-state index in [2.05, 4.69) is 0 Å². The summed E-state index contributed by atoms with van der Waals surface area (Å²) in [6, 6.07) is 4.39. The number of anilines is 2. The number of β-amino-alcohol motifs (C(OH)–C–C–N with tert-alkyl or cyclic N) is 1. The first-order valence-corrected chi connectivity index (χ1v) is 5.56. The smallest absolute Gasteiger partial charge is 0.125 e. The lowest BCUT2D eigenvalue weighted by molar-refractivity contribution is 0.103. The Morgan fingerprint density at radius 1 is 1.50 bits per heavy atom. The molecule has 0 amide bonds. The topological polar surface area (TPSA) is 49.5 Å². The summed E-state index contributed by atoms with van der Waals surface area (Å²) in [5.74, 6) is -0.00917. The van der Waals surface area contributed by atoms with E-state index in [1.165, 1.54) is 12.1 Å². The van der Waals surface area contributed by atoms with Gasteiger partial charge in [0.15, 0.2) is 0 Å². The number of nitrogens with zero attached hydrogens (tertiary/aromatic N) is 1. The summed E-state index contributed by atoms with van der Waals surface area (Å²) in [5, 5.41) is 9.80. The number of hydrogen-bond acceptors (Lipinski definition) is 3. The van der Waals surface area contributed by atoms with E-state index in [1.54, 1.807) is 6.07 Å². The number of nitrogen functional groups attached to an aromatic ring is 1. The number of nitrogens with two attached hydrogens (primary N) is 1. The second-order valence-corrected chi connectivity index (χ2v) is 4.48. The number of piperidine rings is 1. The predicted molar refractivity (Wildman–Crippen MR) is 62.8 cm³/mol. The van der Waals surface area contributed by atoms with Gasteiger partial charge < -0.3 is 15.7 Å². The minimum Gasteiger partial charge on any atom is -0.397 e. The lowest BCUT2D eigenvalue weighted by Gasteiger charge is -2.36. The van der Waals surface area contributed by atoms with Crippen molar-refractivity contribution in [3.05, 3.63) is 24.0 Å². The molecule has 1 aromatic carbocycles. The third-order valence-electron chi connectivity index (χ3n) is 3.25. The number of aliphatic hydroxyl groups is 1. The van der Waals surface area contributed by atoms with Crippen molar-refractivity contribution >= 4 is 11.4 Å². The molecule has 88 valence electrons. The molecule has 0 bridgehead atoms. The van der Waals surface area contributed by atoms with Crippen LogP contribution in [0.2, 0.25) is 0 Å². The van der Waals surface area contributed by atoms with Gasteiger partial charge in [0, 0.05) is 13.1 Å². The second-order valence-electron chi connectivity index (χ2n) is 4.48. The van der Waals surface area contributed by atoms with Crippen molar-refractivity contribution < 1.29 is 9.50 Å². The third-order valence-corrected chi connectivity index (χ3v) is 3.25. The van der Waals surface area contributed by atoms with Crippen molar-refractivity contribution in [3.63, 3.8) is 0 Å². The van der Waals surface area contributed by atoms with Gasteiger partial charge in [-0.15, -0.1) is 0 Å². The minimum absolute atomic E-state index is 0.318. The first-order chi connectivity index (χ1) is 7.58. The fourth-order valence-corrected chi connectivity index (χ4v) is 2.08. The molecule has 0 saturated carbocycles. The lowest BCUT2D eigenvalue weighted by Crippen LogP contribution is -2.43. The van der Waals surface area contributed by atoms with Gasteiger partial charge >= 0.3 is 0 Å². The Labute approximate surface area is 94.7 Å². The first-order valence-electron chi connectivity index (χ1n) is 5.56. The normalized spacial score (nSPS) is 25.8. The van der Waals surface area contributed by atoms with Crippen LogP contribution in [0.3, 0.4) is 0 Å². The van der Waals surface area contributed by atoms with Gasteiger partial charge in [-0.1, -0.05) is 6.92 Å². The van der Waals surface area contributed by atoms with Crippen LogP contribution in [-0.4, -0.2) is 24.3 Å². The Kier molecular flexibility index (Phi) is 3.01. The van der Waals surface area contributed by atoms with Crippen molar-refractivity contribution in [2.45, 2.75) is 19.4 Å². The third kappa shape index (κ3) is 2.11. The Hall–Kier alpha value is -1.29. The van der Waals surface area contributed by atoms with Gasteiger partial charge in [0.1, 0.15) is 5.82 Å². The Bertz CT molecular complexity index is 383.